The van der Waals surface area contributed by atoms with E-state index in [0.717, 1.165) is 0 Å². The summed E-state index contributed by atoms with van der Waals surface area (Å²) in [7, 11) is 0. The van der Waals surface area contributed by atoms with Crippen LogP contribution in [0.4, 0.5) is 0 Å². The lowest BCUT2D eigenvalue weighted by atomic mass is 10.1. The van der Waals surface area contributed by atoms with Crippen molar-refractivity contribution in [2.45, 2.75) is 32.2 Å². The number of aliphatic hydroxyl groups is 1. The molecule has 1 unspecified atom stereocenters. The van der Waals surface area contributed by atoms with Crippen LogP contribution in [0.5, 0.6) is 11.5 Å². The van der Waals surface area contributed by atoms with Crippen molar-refractivity contribution in [1.82, 2.24) is 5.32 Å². The Morgan fingerprint density at radius 1 is 1.43 bits per heavy atom. The highest BCUT2D eigenvalue weighted by atomic mass is 16.7. The van der Waals surface area contributed by atoms with Crippen LogP contribution in [0.25, 0.3) is 0 Å². The van der Waals surface area contributed by atoms with Gasteiger partial charge in [-0.2, -0.15) is 0 Å². The van der Waals surface area contributed by atoms with Crippen molar-refractivity contribution in [3.05, 3.63) is 23.8 Å². The summed E-state index contributed by atoms with van der Waals surface area (Å²) < 4.78 is 16.2. The first-order valence-corrected chi connectivity index (χ1v) is 7.39. The molecule has 1 aliphatic rings. The van der Waals surface area contributed by atoms with Crippen LogP contribution in [-0.2, 0) is 9.53 Å². The predicted molar refractivity (Wildman–Crippen MR) is 84.0 cm³/mol. The van der Waals surface area contributed by atoms with E-state index < -0.39 is 11.9 Å². The number of amides is 1. The zero-order valence-electron chi connectivity index (χ0n) is 13.3. The van der Waals surface area contributed by atoms with Crippen molar-refractivity contribution >= 4 is 5.91 Å². The number of terminal acetylenes is 1. The van der Waals surface area contributed by atoms with Gasteiger partial charge >= 0.3 is 0 Å². The average Bonchev–Trinajstić information content (AvgIpc) is 2.81. The van der Waals surface area contributed by atoms with Crippen molar-refractivity contribution in [2.75, 3.05) is 19.8 Å². The summed E-state index contributed by atoms with van der Waals surface area (Å²) in [4.78, 5) is 11.6. The molecule has 1 aliphatic heterocycles. The molecule has 1 aromatic rings. The number of benzene rings is 1. The molecule has 2 rings (SSSR count). The monoisotopic (exact) mass is 319 g/mol. The van der Waals surface area contributed by atoms with Crippen LogP contribution >= 0.6 is 0 Å². The minimum Gasteiger partial charge on any atom is -0.449 e. The summed E-state index contributed by atoms with van der Waals surface area (Å²) in [5, 5.41) is 12.8. The molecule has 124 valence electrons. The maximum atomic E-state index is 11.6. The maximum absolute atomic E-state index is 11.6. The molecule has 0 fully saturated rings. The topological polar surface area (TPSA) is 77.0 Å². The highest BCUT2D eigenvalue weighted by Crippen LogP contribution is 2.40. The molecule has 6 heteroatoms. The molecule has 2 N–H and O–H groups in total. The first-order valence-electron chi connectivity index (χ1n) is 7.39. The van der Waals surface area contributed by atoms with Crippen LogP contribution in [0.1, 0.15) is 31.9 Å². The lowest BCUT2D eigenvalue weighted by molar-refractivity contribution is -0.122. The van der Waals surface area contributed by atoms with E-state index in [9.17, 15) is 9.90 Å². The molecule has 0 aliphatic carbocycles. The van der Waals surface area contributed by atoms with E-state index in [1.54, 1.807) is 18.2 Å². The second-order valence-electron chi connectivity index (χ2n) is 5.64. The predicted octanol–water partition coefficient (Wildman–Crippen LogP) is 1.38. The molecular formula is C17H21NO5. The van der Waals surface area contributed by atoms with E-state index in [1.807, 2.05) is 13.8 Å². The largest absolute Gasteiger partial charge is 0.449 e. The van der Waals surface area contributed by atoms with Gasteiger partial charge in [-0.3, -0.25) is 4.79 Å². The molecule has 0 saturated carbocycles. The fourth-order valence-electron chi connectivity index (χ4n) is 2.16. The zero-order valence-corrected chi connectivity index (χ0v) is 13.3. The van der Waals surface area contributed by atoms with Crippen LogP contribution in [0.15, 0.2) is 18.2 Å². The Labute approximate surface area is 135 Å². The summed E-state index contributed by atoms with van der Waals surface area (Å²) in [6.45, 7) is 4.17. The SMILES string of the molecule is C#CCOCCC(=O)NCC(O)c1ccc2c(c1)OC(C)(C)O2. The number of nitrogens with one attached hydrogen (secondary N) is 1. The third-order valence-corrected chi connectivity index (χ3v) is 3.22. The van der Waals surface area contributed by atoms with E-state index in [0.29, 0.717) is 17.1 Å². The smallest absolute Gasteiger partial charge is 0.246 e. The number of ether oxygens (including phenoxy) is 3. The summed E-state index contributed by atoms with van der Waals surface area (Å²) >= 11 is 0. The van der Waals surface area contributed by atoms with E-state index in [2.05, 4.69) is 11.2 Å². The summed E-state index contributed by atoms with van der Waals surface area (Å²) in [6.07, 6.45) is 4.40. The molecular weight excluding hydrogens is 298 g/mol. The van der Waals surface area contributed by atoms with E-state index in [-0.39, 0.29) is 32.1 Å². The Morgan fingerprint density at radius 3 is 2.91 bits per heavy atom. The van der Waals surface area contributed by atoms with Gasteiger partial charge in [-0.25, -0.2) is 0 Å². The van der Waals surface area contributed by atoms with Crippen LogP contribution < -0.4 is 14.8 Å². The number of fused-ring (bicyclic) bond motifs is 1. The molecule has 6 nitrogen and oxygen atoms in total. The van der Waals surface area contributed by atoms with E-state index in [1.165, 1.54) is 0 Å². The number of hydrogen-bond donors (Lipinski definition) is 2. The molecule has 0 aromatic heterocycles. The average molecular weight is 319 g/mol. The van der Waals surface area contributed by atoms with Gasteiger partial charge in [0.2, 0.25) is 11.7 Å². The van der Waals surface area contributed by atoms with Crippen LogP contribution in [-0.4, -0.2) is 36.6 Å². The minimum absolute atomic E-state index is 0.108. The minimum atomic E-state index is -0.830. The van der Waals surface area contributed by atoms with Crippen molar-refractivity contribution in [1.29, 1.82) is 0 Å². The lowest BCUT2D eigenvalue weighted by Gasteiger charge is -2.16. The van der Waals surface area contributed by atoms with Crippen LogP contribution in [0.3, 0.4) is 0 Å². The fourth-order valence-corrected chi connectivity index (χ4v) is 2.16. The van der Waals surface area contributed by atoms with Crippen molar-refractivity contribution in [2.24, 2.45) is 0 Å². The van der Waals surface area contributed by atoms with Gasteiger partial charge < -0.3 is 24.6 Å². The third kappa shape index (κ3) is 4.88. The molecule has 1 amide bonds. The number of carbonyl (C=O) groups is 1. The maximum Gasteiger partial charge on any atom is 0.246 e. The van der Waals surface area contributed by atoms with Crippen molar-refractivity contribution < 1.29 is 24.1 Å². The van der Waals surface area contributed by atoms with Gasteiger partial charge in [-0.15, -0.1) is 6.42 Å². The first-order chi connectivity index (χ1) is 10.9. The second kappa shape index (κ2) is 7.36. The van der Waals surface area contributed by atoms with Gasteiger partial charge in [0.15, 0.2) is 11.5 Å². The van der Waals surface area contributed by atoms with Gasteiger partial charge in [-0.1, -0.05) is 12.0 Å². The first kappa shape index (κ1) is 17.1. The summed E-state index contributed by atoms with van der Waals surface area (Å²) in [5.74, 6) is 2.63. The van der Waals surface area contributed by atoms with Crippen LogP contribution in [0, 0.1) is 12.3 Å². The molecule has 0 spiro atoms. The number of aliphatic hydroxyl groups excluding tert-OH is 1. The van der Waals surface area contributed by atoms with Gasteiger partial charge in [0, 0.05) is 20.4 Å². The molecule has 1 heterocycles. The quantitative estimate of drug-likeness (QED) is 0.586. The Hall–Kier alpha value is -2.23. The van der Waals surface area contributed by atoms with Gasteiger partial charge in [0.05, 0.1) is 19.1 Å². The lowest BCUT2D eigenvalue weighted by Crippen LogP contribution is -2.29. The third-order valence-electron chi connectivity index (χ3n) is 3.22. The standard InChI is InChI=1S/C17H21NO5/c1-4-8-21-9-7-16(20)18-11-13(19)12-5-6-14-15(10-12)23-17(2,3)22-14/h1,5-6,10,13,19H,7-9,11H2,2-3H3,(H,18,20). The number of carbonyl (C=O) groups excluding carboxylic acids is 1. The zero-order chi connectivity index (χ0) is 16.9. The van der Waals surface area contributed by atoms with Crippen molar-refractivity contribution in [3.63, 3.8) is 0 Å². The van der Waals surface area contributed by atoms with Crippen LogP contribution in [0.2, 0.25) is 0 Å². The van der Waals surface area contributed by atoms with Gasteiger partial charge in [0.1, 0.15) is 6.61 Å². The second-order valence-corrected chi connectivity index (χ2v) is 5.64. The summed E-state index contributed by atoms with van der Waals surface area (Å²) in [6, 6.07) is 5.21. The number of rotatable bonds is 7. The molecule has 0 bridgehead atoms. The molecule has 1 aromatic carbocycles. The van der Waals surface area contributed by atoms with E-state index in [4.69, 9.17) is 20.6 Å². The number of hydrogen-bond acceptors (Lipinski definition) is 5. The highest BCUT2D eigenvalue weighted by molar-refractivity contribution is 5.76. The Morgan fingerprint density at radius 2 is 2.17 bits per heavy atom. The van der Waals surface area contributed by atoms with E-state index >= 15 is 0 Å². The highest BCUT2D eigenvalue weighted by Gasteiger charge is 2.32. The fraction of sp³-hybridized carbons (Fsp3) is 0.471. The molecule has 0 saturated heterocycles. The van der Waals surface area contributed by atoms with Crippen molar-refractivity contribution in [3.8, 4) is 23.8 Å². The Bertz CT molecular complexity index is 605. The Kier molecular flexibility index (Phi) is 5.48. The summed E-state index contributed by atoms with van der Waals surface area (Å²) in [5.41, 5.74) is 0.647. The van der Waals surface area contributed by atoms with Gasteiger partial charge in [0.25, 0.3) is 0 Å². The molecule has 0 radical (unpaired) electrons. The normalized spacial score (nSPS) is 15.7. The molecule has 1 atom stereocenters. The molecule has 23 heavy (non-hydrogen) atoms. The Balaban J connectivity index is 1.82. The van der Waals surface area contributed by atoms with Gasteiger partial charge in [-0.05, 0) is 17.7 Å².